The second kappa shape index (κ2) is 11.4. The van der Waals surface area contributed by atoms with Gasteiger partial charge in [-0.3, -0.25) is 9.59 Å². The molecule has 30 heavy (non-hydrogen) atoms. The van der Waals surface area contributed by atoms with E-state index in [1.807, 2.05) is 63.2 Å². The van der Waals surface area contributed by atoms with E-state index in [0.29, 0.717) is 18.8 Å². The van der Waals surface area contributed by atoms with E-state index in [2.05, 4.69) is 12.2 Å². The first-order valence-electron chi connectivity index (χ1n) is 10.6. The van der Waals surface area contributed by atoms with Crippen LogP contribution in [0.25, 0.3) is 0 Å². The fraction of sp³-hybridized carbons (Fsp3) is 0.440. The molecule has 0 bridgehead atoms. The van der Waals surface area contributed by atoms with E-state index < -0.39 is 6.04 Å². The van der Waals surface area contributed by atoms with Crippen molar-refractivity contribution >= 4 is 11.8 Å². The number of hydrogen-bond donors (Lipinski definition) is 1. The highest BCUT2D eigenvalue weighted by molar-refractivity contribution is 5.88. The van der Waals surface area contributed by atoms with Gasteiger partial charge in [0.05, 0.1) is 0 Å². The predicted octanol–water partition coefficient (Wildman–Crippen LogP) is 4.32. The molecule has 1 N–H and O–H groups in total. The third-order valence-electron chi connectivity index (χ3n) is 5.28. The molecule has 1 atom stereocenters. The summed E-state index contributed by atoms with van der Waals surface area (Å²) in [5, 5.41) is 2.93. The summed E-state index contributed by atoms with van der Waals surface area (Å²) in [6.45, 7) is 10.7. The smallest absolute Gasteiger partial charge is 0.261 e. The molecule has 1 unspecified atom stereocenters. The van der Waals surface area contributed by atoms with Crippen LogP contribution in [0.2, 0.25) is 0 Å². The van der Waals surface area contributed by atoms with E-state index in [4.69, 9.17) is 4.74 Å². The Morgan fingerprint density at radius 1 is 1.07 bits per heavy atom. The molecule has 0 saturated heterocycles. The van der Waals surface area contributed by atoms with Crippen LogP contribution in [0.5, 0.6) is 5.75 Å². The minimum absolute atomic E-state index is 0.109. The Kier molecular flexibility index (Phi) is 8.90. The average molecular weight is 411 g/mol. The van der Waals surface area contributed by atoms with Crippen molar-refractivity contribution < 1.29 is 14.3 Å². The molecule has 162 valence electrons. The summed E-state index contributed by atoms with van der Waals surface area (Å²) in [4.78, 5) is 27.4. The zero-order valence-corrected chi connectivity index (χ0v) is 18.8. The molecule has 0 spiro atoms. The van der Waals surface area contributed by atoms with Gasteiger partial charge in [-0.1, -0.05) is 55.3 Å². The zero-order chi connectivity index (χ0) is 22.1. The minimum Gasteiger partial charge on any atom is -0.483 e. The van der Waals surface area contributed by atoms with Crippen LogP contribution >= 0.6 is 0 Å². The number of rotatable bonds is 10. The van der Waals surface area contributed by atoms with Gasteiger partial charge in [0.2, 0.25) is 5.91 Å². The molecule has 0 fully saturated rings. The Hall–Kier alpha value is -2.82. The third-order valence-corrected chi connectivity index (χ3v) is 5.28. The van der Waals surface area contributed by atoms with Crippen LogP contribution in [0.1, 0.15) is 48.9 Å². The van der Waals surface area contributed by atoms with Crippen molar-refractivity contribution in [1.29, 1.82) is 0 Å². The number of benzene rings is 2. The highest BCUT2D eigenvalue weighted by Crippen LogP contribution is 2.19. The van der Waals surface area contributed by atoms with Gasteiger partial charge in [0.1, 0.15) is 11.8 Å². The molecule has 5 nitrogen and oxygen atoms in total. The van der Waals surface area contributed by atoms with E-state index in [1.54, 1.807) is 11.8 Å². The first-order chi connectivity index (χ1) is 14.3. The van der Waals surface area contributed by atoms with E-state index in [9.17, 15) is 9.59 Å². The number of nitrogens with one attached hydrogen (secondary N) is 1. The van der Waals surface area contributed by atoms with Gasteiger partial charge in [-0.2, -0.15) is 0 Å². The van der Waals surface area contributed by atoms with E-state index in [1.165, 1.54) is 0 Å². The van der Waals surface area contributed by atoms with Crippen LogP contribution in [-0.2, 0) is 16.1 Å². The maximum atomic E-state index is 13.1. The standard InChI is InChI=1S/C25H34N2O3/c1-6-7-14-26-25(29)21(5)27(16-22-11-9-8-10-19(22)3)24(28)17-30-23-13-12-18(2)15-20(23)4/h8-13,15,21H,6-7,14,16-17H2,1-5H3,(H,26,29). The van der Waals surface area contributed by atoms with Gasteiger partial charge < -0.3 is 15.0 Å². The molecular weight excluding hydrogens is 376 g/mol. The molecular formula is C25H34N2O3. The van der Waals surface area contributed by atoms with Crippen molar-refractivity contribution in [3.05, 3.63) is 64.7 Å². The molecule has 0 radical (unpaired) electrons. The van der Waals surface area contributed by atoms with Crippen molar-refractivity contribution in [3.8, 4) is 5.75 Å². The van der Waals surface area contributed by atoms with Crippen molar-refractivity contribution in [2.45, 2.75) is 60.0 Å². The normalized spacial score (nSPS) is 11.6. The number of amides is 2. The molecule has 0 aliphatic rings. The van der Waals surface area contributed by atoms with Crippen LogP contribution in [0.4, 0.5) is 0 Å². The van der Waals surface area contributed by atoms with Gasteiger partial charge in [0.25, 0.3) is 5.91 Å². The van der Waals surface area contributed by atoms with Crippen LogP contribution in [0, 0.1) is 20.8 Å². The second-order valence-corrected chi connectivity index (χ2v) is 7.83. The fourth-order valence-corrected chi connectivity index (χ4v) is 3.27. The quantitative estimate of drug-likeness (QED) is 0.593. The largest absolute Gasteiger partial charge is 0.483 e. The van der Waals surface area contributed by atoms with Crippen LogP contribution < -0.4 is 10.1 Å². The number of carbonyl (C=O) groups is 2. The van der Waals surface area contributed by atoms with Gasteiger partial charge >= 0.3 is 0 Å². The Balaban J connectivity index is 2.15. The fourth-order valence-electron chi connectivity index (χ4n) is 3.27. The molecule has 5 heteroatoms. The number of hydrogen-bond acceptors (Lipinski definition) is 3. The highest BCUT2D eigenvalue weighted by Gasteiger charge is 2.26. The Labute approximate surface area is 180 Å². The topological polar surface area (TPSA) is 58.6 Å². The lowest BCUT2D eigenvalue weighted by atomic mass is 10.1. The van der Waals surface area contributed by atoms with Gasteiger partial charge in [-0.25, -0.2) is 0 Å². The Morgan fingerprint density at radius 2 is 1.80 bits per heavy atom. The summed E-state index contributed by atoms with van der Waals surface area (Å²) in [5.74, 6) is 0.332. The summed E-state index contributed by atoms with van der Waals surface area (Å²) in [6.07, 6.45) is 1.92. The van der Waals surface area contributed by atoms with Crippen molar-refractivity contribution in [2.75, 3.05) is 13.2 Å². The minimum atomic E-state index is -0.586. The van der Waals surface area contributed by atoms with Gasteiger partial charge in [0, 0.05) is 13.1 Å². The first-order valence-corrected chi connectivity index (χ1v) is 10.6. The third kappa shape index (κ3) is 6.61. The molecule has 0 aromatic heterocycles. The van der Waals surface area contributed by atoms with Crippen LogP contribution in [0.15, 0.2) is 42.5 Å². The SMILES string of the molecule is CCCCNC(=O)C(C)N(Cc1ccccc1C)C(=O)COc1ccc(C)cc1C. The second-order valence-electron chi connectivity index (χ2n) is 7.83. The summed E-state index contributed by atoms with van der Waals surface area (Å²) < 4.78 is 5.81. The maximum absolute atomic E-state index is 13.1. The van der Waals surface area contributed by atoms with Gasteiger partial charge in [0.15, 0.2) is 6.61 Å². The summed E-state index contributed by atoms with van der Waals surface area (Å²) in [7, 11) is 0. The maximum Gasteiger partial charge on any atom is 0.261 e. The lowest BCUT2D eigenvalue weighted by Gasteiger charge is -2.29. The van der Waals surface area contributed by atoms with E-state index in [0.717, 1.165) is 35.1 Å². The summed E-state index contributed by atoms with van der Waals surface area (Å²) in [5.41, 5.74) is 4.23. The lowest BCUT2D eigenvalue weighted by Crippen LogP contribution is -2.49. The number of aryl methyl sites for hydroxylation is 3. The molecule has 2 aromatic carbocycles. The van der Waals surface area contributed by atoms with Crippen LogP contribution in [0.3, 0.4) is 0 Å². The molecule has 0 aliphatic carbocycles. The molecule has 2 rings (SSSR count). The number of nitrogens with zero attached hydrogens (tertiary/aromatic N) is 1. The predicted molar refractivity (Wildman–Crippen MR) is 121 cm³/mol. The number of carbonyl (C=O) groups excluding carboxylic acids is 2. The number of unbranched alkanes of at least 4 members (excludes halogenated alkanes) is 1. The number of ether oxygens (including phenoxy) is 1. The summed E-state index contributed by atoms with van der Waals surface area (Å²) >= 11 is 0. The molecule has 0 aliphatic heterocycles. The zero-order valence-electron chi connectivity index (χ0n) is 18.8. The van der Waals surface area contributed by atoms with Gasteiger partial charge in [-0.15, -0.1) is 0 Å². The van der Waals surface area contributed by atoms with E-state index in [-0.39, 0.29) is 18.4 Å². The first kappa shape index (κ1) is 23.5. The molecule has 0 heterocycles. The van der Waals surface area contributed by atoms with Crippen molar-refractivity contribution in [3.63, 3.8) is 0 Å². The molecule has 2 aromatic rings. The summed E-state index contributed by atoms with van der Waals surface area (Å²) in [6, 6.07) is 13.2. The van der Waals surface area contributed by atoms with Crippen molar-refractivity contribution in [2.24, 2.45) is 0 Å². The molecule has 0 saturated carbocycles. The lowest BCUT2D eigenvalue weighted by molar-refractivity contribution is -0.142. The highest BCUT2D eigenvalue weighted by atomic mass is 16.5. The molecule has 2 amide bonds. The Bertz CT molecular complexity index is 863. The van der Waals surface area contributed by atoms with Crippen LogP contribution in [-0.4, -0.2) is 35.9 Å². The average Bonchev–Trinajstić information content (AvgIpc) is 2.72. The van der Waals surface area contributed by atoms with Crippen molar-refractivity contribution in [1.82, 2.24) is 10.2 Å². The Morgan fingerprint density at radius 3 is 2.47 bits per heavy atom. The monoisotopic (exact) mass is 410 g/mol. The van der Waals surface area contributed by atoms with Gasteiger partial charge in [-0.05, 0) is 56.9 Å². The van der Waals surface area contributed by atoms with E-state index >= 15 is 0 Å².